The third-order valence-electron chi connectivity index (χ3n) is 3.57. The van der Waals surface area contributed by atoms with Crippen LogP contribution in [0.1, 0.15) is 22.9 Å². The maximum Gasteiger partial charge on any atom is 0.258 e. The van der Waals surface area contributed by atoms with Gasteiger partial charge in [-0.3, -0.25) is 9.20 Å². The molecule has 4 nitrogen and oxygen atoms in total. The molecule has 0 saturated carbocycles. The number of aromatic nitrogens is 2. The van der Waals surface area contributed by atoms with Crippen molar-refractivity contribution in [1.82, 2.24) is 9.38 Å². The van der Waals surface area contributed by atoms with Crippen molar-refractivity contribution in [1.29, 1.82) is 0 Å². The fourth-order valence-corrected chi connectivity index (χ4v) is 3.27. The normalized spacial score (nSPS) is 12.4. The van der Waals surface area contributed by atoms with Gasteiger partial charge < -0.3 is 5.11 Å². The van der Waals surface area contributed by atoms with Gasteiger partial charge in [0.05, 0.1) is 11.8 Å². The van der Waals surface area contributed by atoms with Gasteiger partial charge in [-0.25, -0.2) is 4.98 Å². The number of hydrogen-bond donors (Lipinski definition) is 1. The molecule has 0 saturated heterocycles. The topological polar surface area (TPSA) is 54.6 Å². The van der Waals surface area contributed by atoms with Crippen LogP contribution in [-0.2, 0) is 5.75 Å². The molecule has 3 aromatic rings. The minimum absolute atomic E-state index is 0.0714. The molecule has 0 amide bonds. The van der Waals surface area contributed by atoms with Crippen LogP contribution < -0.4 is 5.56 Å². The van der Waals surface area contributed by atoms with Crippen molar-refractivity contribution in [2.75, 3.05) is 5.75 Å². The minimum atomic E-state index is -0.509. The van der Waals surface area contributed by atoms with Gasteiger partial charge in [0.1, 0.15) is 5.65 Å². The third kappa shape index (κ3) is 3.81. The lowest BCUT2D eigenvalue weighted by Crippen LogP contribution is -2.15. The lowest BCUT2D eigenvalue weighted by atomic mass is 10.1. The van der Waals surface area contributed by atoms with Crippen molar-refractivity contribution < 1.29 is 5.11 Å². The van der Waals surface area contributed by atoms with Crippen LogP contribution in [0, 0.1) is 6.92 Å². The van der Waals surface area contributed by atoms with E-state index in [1.807, 2.05) is 49.4 Å². The van der Waals surface area contributed by atoms with Crippen LogP contribution in [0.15, 0.2) is 59.5 Å². The quantitative estimate of drug-likeness (QED) is 0.783. The standard InChI is InChI=1S/C18H18N2O2S/c1-13-7-8-17-19-15(9-18(22)20(17)10-13)11-23-12-16(21)14-5-3-2-4-6-14/h2-10,16,21H,11-12H2,1H3/t16-/m1/s1. The van der Waals surface area contributed by atoms with E-state index in [9.17, 15) is 9.90 Å². The Morgan fingerprint density at radius 1 is 1.22 bits per heavy atom. The molecule has 5 heteroatoms. The molecule has 3 rings (SSSR count). The summed E-state index contributed by atoms with van der Waals surface area (Å²) < 4.78 is 1.56. The SMILES string of the molecule is Cc1ccc2nc(CSC[C@@H](O)c3ccccc3)cc(=O)n2c1. The highest BCUT2D eigenvalue weighted by Crippen LogP contribution is 2.20. The molecule has 0 radical (unpaired) electrons. The molecule has 1 aromatic carbocycles. The Hall–Kier alpha value is -2.11. The summed E-state index contributed by atoms with van der Waals surface area (Å²) in [4.78, 5) is 16.6. The van der Waals surface area contributed by atoms with Crippen LogP contribution in [-0.4, -0.2) is 20.2 Å². The lowest BCUT2D eigenvalue weighted by molar-refractivity contribution is 0.204. The first-order valence-corrected chi connectivity index (χ1v) is 8.58. The van der Waals surface area contributed by atoms with Gasteiger partial charge in [-0.05, 0) is 24.1 Å². The van der Waals surface area contributed by atoms with Crippen molar-refractivity contribution in [3.05, 3.63) is 81.9 Å². The number of aryl methyl sites for hydroxylation is 1. The number of hydrogen-bond acceptors (Lipinski definition) is 4. The van der Waals surface area contributed by atoms with Crippen LogP contribution >= 0.6 is 11.8 Å². The Morgan fingerprint density at radius 3 is 2.78 bits per heavy atom. The number of benzene rings is 1. The second kappa shape index (κ2) is 6.98. The molecule has 2 heterocycles. The van der Waals surface area contributed by atoms with E-state index in [0.29, 0.717) is 17.2 Å². The molecular weight excluding hydrogens is 308 g/mol. The summed E-state index contributed by atoms with van der Waals surface area (Å²) in [5.41, 5.74) is 3.25. The smallest absolute Gasteiger partial charge is 0.258 e. The predicted molar refractivity (Wildman–Crippen MR) is 93.8 cm³/mol. The fraction of sp³-hybridized carbons (Fsp3) is 0.222. The largest absolute Gasteiger partial charge is 0.388 e. The summed E-state index contributed by atoms with van der Waals surface area (Å²) in [6.45, 7) is 1.95. The molecule has 118 valence electrons. The molecule has 0 aliphatic rings. The number of thioether (sulfide) groups is 1. The Morgan fingerprint density at radius 2 is 2.00 bits per heavy atom. The van der Waals surface area contributed by atoms with Gasteiger partial charge in [0.25, 0.3) is 5.56 Å². The zero-order valence-electron chi connectivity index (χ0n) is 12.8. The van der Waals surface area contributed by atoms with Crippen molar-refractivity contribution in [2.45, 2.75) is 18.8 Å². The Bertz CT molecular complexity index is 862. The molecule has 0 bridgehead atoms. The second-order valence-electron chi connectivity index (χ2n) is 5.46. The molecule has 2 aromatic heterocycles. The van der Waals surface area contributed by atoms with Gasteiger partial charge in [0.2, 0.25) is 0 Å². The number of fused-ring (bicyclic) bond motifs is 1. The van der Waals surface area contributed by atoms with E-state index in [4.69, 9.17) is 0 Å². The minimum Gasteiger partial charge on any atom is -0.388 e. The van der Waals surface area contributed by atoms with Crippen LogP contribution in [0.3, 0.4) is 0 Å². The van der Waals surface area contributed by atoms with Gasteiger partial charge in [-0.1, -0.05) is 36.4 Å². The molecular formula is C18H18N2O2S. The first kappa shape index (κ1) is 15.8. The summed E-state index contributed by atoms with van der Waals surface area (Å²) in [7, 11) is 0. The van der Waals surface area contributed by atoms with Gasteiger partial charge in [-0.2, -0.15) is 11.8 Å². The maximum absolute atomic E-state index is 12.1. The predicted octanol–water partition coefficient (Wildman–Crippen LogP) is 2.97. The van der Waals surface area contributed by atoms with E-state index < -0.39 is 6.10 Å². The van der Waals surface area contributed by atoms with Gasteiger partial charge in [0.15, 0.2) is 0 Å². The van der Waals surface area contributed by atoms with Crippen LogP contribution in [0.5, 0.6) is 0 Å². The van der Waals surface area contributed by atoms with E-state index in [1.165, 1.54) is 0 Å². The Balaban J connectivity index is 1.68. The van der Waals surface area contributed by atoms with E-state index in [2.05, 4.69) is 4.98 Å². The van der Waals surface area contributed by atoms with E-state index in [-0.39, 0.29) is 5.56 Å². The summed E-state index contributed by atoms with van der Waals surface area (Å²) in [6, 6.07) is 14.9. The molecule has 0 aliphatic carbocycles. The van der Waals surface area contributed by atoms with E-state index in [0.717, 1.165) is 16.8 Å². The number of aliphatic hydroxyl groups excluding tert-OH is 1. The molecule has 0 spiro atoms. The first-order valence-electron chi connectivity index (χ1n) is 7.43. The highest BCUT2D eigenvalue weighted by Gasteiger charge is 2.08. The molecule has 1 N–H and O–H groups in total. The van der Waals surface area contributed by atoms with Crippen molar-refractivity contribution in [3.8, 4) is 0 Å². The van der Waals surface area contributed by atoms with E-state index in [1.54, 1.807) is 28.4 Å². The van der Waals surface area contributed by atoms with Crippen LogP contribution in [0.2, 0.25) is 0 Å². The molecule has 0 unspecified atom stereocenters. The average Bonchev–Trinajstić information content (AvgIpc) is 2.56. The maximum atomic E-state index is 12.1. The summed E-state index contributed by atoms with van der Waals surface area (Å²) in [5.74, 6) is 1.17. The summed E-state index contributed by atoms with van der Waals surface area (Å²) >= 11 is 1.57. The van der Waals surface area contributed by atoms with E-state index >= 15 is 0 Å². The van der Waals surface area contributed by atoms with Crippen molar-refractivity contribution in [3.63, 3.8) is 0 Å². The lowest BCUT2D eigenvalue weighted by Gasteiger charge is -2.10. The third-order valence-corrected chi connectivity index (χ3v) is 4.62. The average molecular weight is 326 g/mol. The second-order valence-corrected chi connectivity index (χ2v) is 6.49. The van der Waals surface area contributed by atoms with Crippen molar-refractivity contribution >= 4 is 17.4 Å². The number of nitrogens with zero attached hydrogens (tertiary/aromatic N) is 2. The number of pyridine rings is 1. The monoisotopic (exact) mass is 326 g/mol. The highest BCUT2D eigenvalue weighted by atomic mass is 32.2. The molecule has 0 aliphatic heterocycles. The van der Waals surface area contributed by atoms with Crippen LogP contribution in [0.25, 0.3) is 5.65 Å². The zero-order chi connectivity index (χ0) is 16.2. The molecule has 1 atom stereocenters. The molecule has 0 fully saturated rings. The molecule has 23 heavy (non-hydrogen) atoms. The van der Waals surface area contributed by atoms with Gasteiger partial charge in [-0.15, -0.1) is 0 Å². The Labute approximate surface area is 138 Å². The van der Waals surface area contributed by atoms with Crippen molar-refractivity contribution in [2.24, 2.45) is 0 Å². The number of rotatable bonds is 5. The highest BCUT2D eigenvalue weighted by molar-refractivity contribution is 7.98. The Kier molecular flexibility index (Phi) is 4.79. The van der Waals surface area contributed by atoms with Gasteiger partial charge >= 0.3 is 0 Å². The first-order chi connectivity index (χ1) is 11.1. The number of aliphatic hydroxyl groups is 1. The fourth-order valence-electron chi connectivity index (χ4n) is 2.38. The van der Waals surface area contributed by atoms with Crippen LogP contribution in [0.4, 0.5) is 0 Å². The summed E-state index contributed by atoms with van der Waals surface area (Å²) in [5, 5.41) is 10.1. The summed E-state index contributed by atoms with van der Waals surface area (Å²) in [6.07, 6.45) is 1.28. The zero-order valence-corrected chi connectivity index (χ0v) is 13.7. The van der Waals surface area contributed by atoms with Gasteiger partial charge in [0, 0.05) is 23.8 Å².